The molecule has 1 aromatic rings. The zero-order valence-electron chi connectivity index (χ0n) is 10.4. The summed E-state index contributed by atoms with van der Waals surface area (Å²) in [4.78, 5) is 17.6. The Balaban J connectivity index is 1.61. The lowest BCUT2D eigenvalue weighted by Crippen LogP contribution is -2.37. The summed E-state index contributed by atoms with van der Waals surface area (Å²) >= 11 is 0. The standard InChI is InChI=1S/C11H19N5O/c1-15-8-13-10(14-15)5-6-12-7-11(17)16(2)9-3-4-9/h8-9,12H,3-7H2,1-2H3. The highest BCUT2D eigenvalue weighted by Gasteiger charge is 2.28. The monoisotopic (exact) mass is 237 g/mol. The van der Waals surface area contributed by atoms with Crippen molar-refractivity contribution in [3.8, 4) is 0 Å². The third-order valence-electron chi connectivity index (χ3n) is 2.94. The number of likely N-dealkylation sites (N-methyl/N-ethyl adjacent to an activating group) is 1. The van der Waals surface area contributed by atoms with Gasteiger partial charge in [0.15, 0.2) is 5.82 Å². The van der Waals surface area contributed by atoms with Crippen LogP contribution in [0.4, 0.5) is 0 Å². The summed E-state index contributed by atoms with van der Waals surface area (Å²) in [5.74, 6) is 0.976. The molecule has 1 aliphatic carbocycles. The van der Waals surface area contributed by atoms with Crippen molar-refractivity contribution in [3.63, 3.8) is 0 Å². The smallest absolute Gasteiger partial charge is 0.236 e. The minimum Gasteiger partial charge on any atom is -0.342 e. The topological polar surface area (TPSA) is 63.1 Å². The van der Waals surface area contributed by atoms with Crippen LogP contribution in [0, 0.1) is 0 Å². The van der Waals surface area contributed by atoms with E-state index in [9.17, 15) is 4.79 Å². The van der Waals surface area contributed by atoms with E-state index in [1.165, 1.54) is 0 Å². The average molecular weight is 237 g/mol. The number of hydrogen-bond donors (Lipinski definition) is 1. The number of amides is 1. The highest BCUT2D eigenvalue weighted by atomic mass is 16.2. The van der Waals surface area contributed by atoms with Crippen molar-refractivity contribution in [2.75, 3.05) is 20.1 Å². The van der Waals surface area contributed by atoms with Gasteiger partial charge in [-0.25, -0.2) is 4.98 Å². The van der Waals surface area contributed by atoms with E-state index >= 15 is 0 Å². The van der Waals surface area contributed by atoms with Crippen molar-refractivity contribution in [2.45, 2.75) is 25.3 Å². The maximum absolute atomic E-state index is 11.7. The first-order valence-electron chi connectivity index (χ1n) is 5.97. The molecule has 94 valence electrons. The predicted octanol–water partition coefficient (Wildman–Crippen LogP) is -0.432. The molecule has 0 spiro atoms. The molecule has 1 saturated carbocycles. The first kappa shape index (κ1) is 12.0. The largest absolute Gasteiger partial charge is 0.342 e. The van der Waals surface area contributed by atoms with Gasteiger partial charge in [0.2, 0.25) is 5.91 Å². The molecular formula is C11H19N5O. The maximum Gasteiger partial charge on any atom is 0.236 e. The van der Waals surface area contributed by atoms with Gasteiger partial charge in [-0.2, -0.15) is 5.10 Å². The molecule has 2 rings (SSSR count). The van der Waals surface area contributed by atoms with Crippen molar-refractivity contribution < 1.29 is 4.79 Å². The Morgan fingerprint density at radius 2 is 2.41 bits per heavy atom. The average Bonchev–Trinajstić information content (AvgIpc) is 3.07. The van der Waals surface area contributed by atoms with Crippen LogP contribution in [-0.4, -0.2) is 51.8 Å². The predicted molar refractivity (Wildman–Crippen MR) is 63.4 cm³/mol. The van der Waals surface area contributed by atoms with Gasteiger partial charge in [-0.3, -0.25) is 9.48 Å². The van der Waals surface area contributed by atoms with Crippen molar-refractivity contribution in [3.05, 3.63) is 12.2 Å². The molecule has 1 N–H and O–H groups in total. The highest BCUT2D eigenvalue weighted by Crippen LogP contribution is 2.24. The van der Waals surface area contributed by atoms with E-state index in [4.69, 9.17) is 0 Å². The van der Waals surface area contributed by atoms with Gasteiger partial charge in [-0.1, -0.05) is 0 Å². The number of nitrogens with one attached hydrogen (secondary N) is 1. The summed E-state index contributed by atoms with van der Waals surface area (Å²) in [7, 11) is 3.72. The Labute approximate surface area is 101 Å². The summed E-state index contributed by atoms with van der Waals surface area (Å²) in [6, 6.07) is 0.488. The van der Waals surface area contributed by atoms with Gasteiger partial charge in [0.05, 0.1) is 6.54 Å². The highest BCUT2D eigenvalue weighted by molar-refractivity contribution is 5.78. The van der Waals surface area contributed by atoms with E-state index < -0.39 is 0 Å². The van der Waals surface area contributed by atoms with E-state index in [1.807, 2.05) is 19.0 Å². The Kier molecular flexibility index (Phi) is 3.73. The fourth-order valence-electron chi connectivity index (χ4n) is 1.68. The molecule has 0 atom stereocenters. The lowest BCUT2D eigenvalue weighted by atomic mass is 10.4. The molecule has 6 heteroatoms. The van der Waals surface area contributed by atoms with Crippen LogP contribution in [0.1, 0.15) is 18.7 Å². The van der Waals surface area contributed by atoms with Gasteiger partial charge >= 0.3 is 0 Å². The van der Waals surface area contributed by atoms with Crippen molar-refractivity contribution in [1.29, 1.82) is 0 Å². The molecule has 0 saturated heterocycles. The van der Waals surface area contributed by atoms with Crippen LogP contribution in [0.3, 0.4) is 0 Å². The number of nitrogens with zero attached hydrogens (tertiary/aromatic N) is 4. The van der Waals surface area contributed by atoms with Crippen LogP contribution in [0.5, 0.6) is 0 Å². The number of rotatable bonds is 6. The molecular weight excluding hydrogens is 218 g/mol. The number of carbonyl (C=O) groups excluding carboxylic acids is 1. The zero-order valence-corrected chi connectivity index (χ0v) is 10.4. The summed E-state index contributed by atoms with van der Waals surface area (Å²) in [6.45, 7) is 1.13. The van der Waals surface area contributed by atoms with E-state index in [2.05, 4.69) is 15.4 Å². The minimum atomic E-state index is 0.168. The molecule has 17 heavy (non-hydrogen) atoms. The van der Waals surface area contributed by atoms with E-state index in [1.54, 1.807) is 11.0 Å². The van der Waals surface area contributed by atoms with Crippen LogP contribution in [-0.2, 0) is 18.3 Å². The van der Waals surface area contributed by atoms with Gasteiger partial charge in [-0.05, 0) is 12.8 Å². The molecule has 1 amide bonds. The zero-order chi connectivity index (χ0) is 12.3. The first-order valence-corrected chi connectivity index (χ1v) is 5.97. The Morgan fingerprint density at radius 1 is 1.65 bits per heavy atom. The third kappa shape index (κ3) is 3.52. The van der Waals surface area contributed by atoms with Crippen LogP contribution >= 0.6 is 0 Å². The quantitative estimate of drug-likeness (QED) is 0.682. The second-order valence-corrected chi connectivity index (χ2v) is 4.50. The summed E-state index contributed by atoms with van der Waals surface area (Å²) in [5, 5.41) is 7.30. The van der Waals surface area contributed by atoms with Gasteiger partial charge in [0.25, 0.3) is 0 Å². The maximum atomic E-state index is 11.7. The van der Waals surface area contributed by atoms with Crippen LogP contribution in [0.25, 0.3) is 0 Å². The molecule has 6 nitrogen and oxygen atoms in total. The molecule has 1 fully saturated rings. The molecule has 0 radical (unpaired) electrons. The van der Waals surface area contributed by atoms with Gasteiger partial charge in [-0.15, -0.1) is 0 Å². The van der Waals surface area contributed by atoms with Crippen molar-refractivity contribution in [2.24, 2.45) is 7.05 Å². The van der Waals surface area contributed by atoms with Gasteiger partial charge < -0.3 is 10.2 Å². The summed E-state index contributed by atoms with van der Waals surface area (Å²) in [6.07, 6.45) is 4.74. The minimum absolute atomic E-state index is 0.168. The third-order valence-corrected chi connectivity index (χ3v) is 2.94. The Bertz CT molecular complexity index is 385. The Morgan fingerprint density at radius 3 is 3.00 bits per heavy atom. The lowest BCUT2D eigenvalue weighted by Gasteiger charge is -2.16. The first-order chi connectivity index (χ1) is 8.16. The number of aryl methyl sites for hydroxylation is 1. The van der Waals surface area contributed by atoms with Gasteiger partial charge in [0.1, 0.15) is 6.33 Å². The Hall–Kier alpha value is -1.43. The SMILES string of the molecule is CN(C(=O)CNCCc1ncn(C)n1)C1CC1. The second-order valence-electron chi connectivity index (χ2n) is 4.50. The van der Waals surface area contributed by atoms with E-state index in [0.29, 0.717) is 12.6 Å². The number of aromatic nitrogens is 3. The van der Waals surface area contributed by atoms with Crippen LogP contribution in [0.15, 0.2) is 6.33 Å². The summed E-state index contributed by atoms with van der Waals surface area (Å²) in [5.41, 5.74) is 0. The molecule has 0 unspecified atom stereocenters. The number of carbonyl (C=O) groups is 1. The van der Waals surface area contributed by atoms with Crippen molar-refractivity contribution in [1.82, 2.24) is 25.0 Å². The number of hydrogen-bond acceptors (Lipinski definition) is 4. The van der Waals surface area contributed by atoms with Crippen molar-refractivity contribution >= 4 is 5.91 Å². The lowest BCUT2D eigenvalue weighted by molar-refractivity contribution is -0.129. The molecule has 0 aliphatic heterocycles. The van der Waals surface area contributed by atoms with E-state index in [-0.39, 0.29) is 5.91 Å². The molecule has 1 aliphatic rings. The molecule has 0 aromatic carbocycles. The fourth-order valence-corrected chi connectivity index (χ4v) is 1.68. The summed E-state index contributed by atoms with van der Waals surface area (Å²) < 4.78 is 1.68. The normalized spacial score (nSPS) is 14.9. The molecule has 1 heterocycles. The van der Waals surface area contributed by atoms with Crippen LogP contribution in [0.2, 0.25) is 0 Å². The van der Waals surface area contributed by atoms with Crippen LogP contribution < -0.4 is 5.32 Å². The van der Waals surface area contributed by atoms with Gasteiger partial charge in [0, 0.05) is 33.1 Å². The fraction of sp³-hybridized carbons (Fsp3) is 0.727. The molecule has 0 bridgehead atoms. The second kappa shape index (κ2) is 5.27. The van der Waals surface area contributed by atoms with E-state index in [0.717, 1.165) is 31.6 Å². The molecule has 1 aromatic heterocycles.